The quantitative estimate of drug-likeness (QED) is 0.312. The highest BCUT2D eigenvalue weighted by Gasteiger charge is 2.37. The van der Waals surface area contributed by atoms with E-state index in [1.807, 2.05) is 40.7 Å². The van der Waals surface area contributed by atoms with Gasteiger partial charge >= 0.3 is 0 Å². The Morgan fingerprint density at radius 1 is 0.970 bits per heavy atom. The van der Waals surface area contributed by atoms with Gasteiger partial charge in [0.15, 0.2) is 5.78 Å². The van der Waals surface area contributed by atoms with E-state index in [0.29, 0.717) is 12.0 Å². The number of aliphatic hydroxyl groups excluding tert-OH is 1. The van der Waals surface area contributed by atoms with Gasteiger partial charge in [-0.2, -0.15) is 0 Å². The van der Waals surface area contributed by atoms with Crippen LogP contribution in [0.2, 0.25) is 0 Å². The van der Waals surface area contributed by atoms with Crippen molar-refractivity contribution in [2.45, 2.75) is 54.0 Å². The zero-order chi connectivity index (χ0) is 26.0. The Morgan fingerprint density at radius 3 is 1.70 bits per heavy atom. The van der Waals surface area contributed by atoms with E-state index in [9.17, 15) is 18.4 Å². The lowest BCUT2D eigenvalue weighted by Crippen LogP contribution is -2.53. The van der Waals surface area contributed by atoms with Gasteiger partial charge in [0.1, 0.15) is 11.6 Å². The van der Waals surface area contributed by atoms with Crippen molar-refractivity contribution in [3.63, 3.8) is 0 Å². The molecule has 2 aromatic rings. The van der Waals surface area contributed by atoms with E-state index < -0.39 is 0 Å². The fourth-order valence-electron chi connectivity index (χ4n) is 2.58. The van der Waals surface area contributed by atoms with E-state index >= 15 is 0 Å². The third kappa shape index (κ3) is 11.3. The molecule has 6 heteroatoms. The largest absolute Gasteiger partial charge is 0.400 e. The number of amides is 1. The predicted octanol–water partition coefficient (Wildman–Crippen LogP) is 6.75. The summed E-state index contributed by atoms with van der Waals surface area (Å²) in [5.41, 5.74) is 2.48. The normalized spacial score (nSPS) is 13.8. The number of rotatable bonds is 3. The minimum atomic E-state index is -0.315. The van der Waals surface area contributed by atoms with Crippen LogP contribution in [0.25, 0.3) is 0 Å². The lowest BCUT2D eigenvalue weighted by atomic mass is 9.93. The molecule has 0 saturated carbocycles. The minimum Gasteiger partial charge on any atom is -0.400 e. The molecule has 182 valence electrons. The molecule has 0 bridgehead atoms. The molecule has 1 aliphatic rings. The first-order valence-electron chi connectivity index (χ1n) is 10.7. The van der Waals surface area contributed by atoms with Crippen LogP contribution in [0.1, 0.15) is 58.3 Å². The summed E-state index contributed by atoms with van der Waals surface area (Å²) in [7, 11) is 1.00. The van der Waals surface area contributed by atoms with Crippen molar-refractivity contribution >= 4 is 17.4 Å². The Kier molecular flexibility index (Phi) is 17.9. The van der Waals surface area contributed by atoms with Gasteiger partial charge in [0, 0.05) is 18.4 Å². The fourth-order valence-corrected chi connectivity index (χ4v) is 2.58. The molecule has 1 atom stereocenters. The summed E-state index contributed by atoms with van der Waals surface area (Å²) in [5.74, 6) is -0.543. The first-order chi connectivity index (χ1) is 15.7. The average Bonchev–Trinajstić information content (AvgIpc) is 2.82. The van der Waals surface area contributed by atoms with Crippen LogP contribution in [0.5, 0.6) is 0 Å². The maximum Gasteiger partial charge on any atom is 0.229 e. The van der Waals surface area contributed by atoms with Crippen molar-refractivity contribution in [2.24, 2.45) is 0 Å². The Hall–Kier alpha value is -3.12. The van der Waals surface area contributed by atoms with Crippen LogP contribution in [-0.2, 0) is 4.79 Å². The number of allylic oxidation sites excluding steroid dienone is 2. The van der Waals surface area contributed by atoms with Crippen LogP contribution in [0.4, 0.5) is 14.5 Å². The number of β-lactam (4-membered cyclic amide) rings is 1. The van der Waals surface area contributed by atoms with Crippen LogP contribution in [0.3, 0.4) is 0 Å². The number of anilines is 1. The molecule has 1 saturated heterocycles. The number of nitrogens with zero attached hydrogens (tertiary/aromatic N) is 1. The summed E-state index contributed by atoms with van der Waals surface area (Å²) >= 11 is 0. The second-order valence-electron chi connectivity index (χ2n) is 6.46. The standard InChI is InChI=1S/C13H14FNO.C8H7FO.C3H6.C2H6.CH4O/c1-3-9(2)12-8-13(16)15(12)11-6-4-10(14)5-7-11;1-6(10)7-2-4-8(9)5-3-7;1-3-2;2*1-2/h3-7,12H,8H2,1-2H3;2-5H,1H3;3H,1H2,2H3;1-2H3;2H,1H3/b9-3+;;;;. The van der Waals surface area contributed by atoms with Crippen molar-refractivity contribution < 1.29 is 23.5 Å². The first kappa shape index (κ1) is 32.1. The Labute approximate surface area is 197 Å². The second-order valence-corrected chi connectivity index (χ2v) is 6.46. The van der Waals surface area contributed by atoms with Crippen LogP contribution in [0.15, 0.2) is 72.8 Å². The van der Waals surface area contributed by atoms with Gasteiger partial charge in [-0.3, -0.25) is 9.59 Å². The average molecular weight is 462 g/mol. The third-order valence-corrected chi connectivity index (χ3v) is 4.28. The van der Waals surface area contributed by atoms with Gasteiger partial charge in [0.05, 0.1) is 12.5 Å². The summed E-state index contributed by atoms with van der Waals surface area (Å²) < 4.78 is 25.0. The van der Waals surface area contributed by atoms with E-state index in [-0.39, 0.29) is 29.4 Å². The number of Topliss-reactive ketones (excluding diaryl/α,β-unsaturated/α-hetero) is 1. The van der Waals surface area contributed by atoms with Gasteiger partial charge in [-0.1, -0.05) is 31.6 Å². The summed E-state index contributed by atoms with van der Waals surface area (Å²) in [5, 5.41) is 7.00. The Morgan fingerprint density at radius 2 is 1.36 bits per heavy atom. The highest BCUT2D eigenvalue weighted by molar-refractivity contribution is 6.01. The molecule has 1 unspecified atom stereocenters. The van der Waals surface area contributed by atoms with E-state index in [2.05, 4.69) is 6.58 Å². The molecular formula is C27H37F2NO3. The highest BCUT2D eigenvalue weighted by atomic mass is 19.1. The first-order valence-corrected chi connectivity index (χ1v) is 10.7. The molecule has 1 heterocycles. The number of carbonyl (C=O) groups is 2. The van der Waals surface area contributed by atoms with Gasteiger partial charge < -0.3 is 10.0 Å². The van der Waals surface area contributed by atoms with Gasteiger partial charge in [-0.25, -0.2) is 8.78 Å². The number of hydrogen-bond acceptors (Lipinski definition) is 3. The molecule has 0 spiro atoms. The molecule has 2 aromatic carbocycles. The van der Waals surface area contributed by atoms with Crippen molar-refractivity contribution in [1.29, 1.82) is 0 Å². The smallest absolute Gasteiger partial charge is 0.229 e. The van der Waals surface area contributed by atoms with Gasteiger partial charge in [0.25, 0.3) is 0 Å². The van der Waals surface area contributed by atoms with Gasteiger partial charge in [-0.05, 0) is 76.2 Å². The number of ketones is 1. The van der Waals surface area contributed by atoms with Crippen LogP contribution in [-0.4, -0.2) is 29.9 Å². The van der Waals surface area contributed by atoms with Crippen LogP contribution in [0, 0.1) is 11.6 Å². The summed E-state index contributed by atoms with van der Waals surface area (Å²) in [6.45, 7) is 14.7. The summed E-state index contributed by atoms with van der Waals surface area (Å²) in [4.78, 5) is 23.9. The molecule has 33 heavy (non-hydrogen) atoms. The minimum absolute atomic E-state index is 0.0417. The van der Waals surface area contributed by atoms with Crippen LogP contribution >= 0.6 is 0 Å². The Bertz CT molecular complexity index is 860. The number of aliphatic hydroxyl groups is 1. The SMILES string of the molecule is C/C=C(\C)C1CC(=O)N1c1ccc(F)cc1.C=CC.CC.CC(=O)c1ccc(F)cc1.CO. The molecule has 1 fully saturated rings. The van der Waals surface area contributed by atoms with E-state index in [4.69, 9.17) is 5.11 Å². The van der Waals surface area contributed by atoms with Crippen molar-refractivity contribution in [3.8, 4) is 0 Å². The molecule has 1 N–H and O–H groups in total. The fraction of sp³-hybridized carbons (Fsp3) is 0.333. The number of carbonyl (C=O) groups excluding carboxylic acids is 2. The zero-order valence-electron chi connectivity index (χ0n) is 20.7. The van der Waals surface area contributed by atoms with Crippen molar-refractivity contribution in [1.82, 2.24) is 0 Å². The molecule has 4 nitrogen and oxygen atoms in total. The maximum atomic E-state index is 12.8. The summed E-state index contributed by atoms with van der Waals surface area (Å²) in [6.07, 6.45) is 4.31. The molecule has 0 radical (unpaired) electrons. The molecule has 1 aliphatic heterocycles. The second kappa shape index (κ2) is 18.5. The van der Waals surface area contributed by atoms with E-state index in [1.54, 1.807) is 23.1 Å². The van der Waals surface area contributed by atoms with Crippen LogP contribution < -0.4 is 4.90 Å². The van der Waals surface area contributed by atoms with Crippen molar-refractivity contribution in [2.75, 3.05) is 12.0 Å². The highest BCUT2D eigenvalue weighted by Crippen LogP contribution is 2.31. The molecule has 0 aliphatic carbocycles. The van der Waals surface area contributed by atoms with Gasteiger partial charge in [0.2, 0.25) is 5.91 Å². The number of benzene rings is 2. The van der Waals surface area contributed by atoms with E-state index in [0.717, 1.165) is 12.8 Å². The third-order valence-electron chi connectivity index (χ3n) is 4.28. The topological polar surface area (TPSA) is 57.6 Å². The summed E-state index contributed by atoms with van der Waals surface area (Å²) in [6, 6.07) is 11.7. The van der Waals surface area contributed by atoms with E-state index in [1.165, 1.54) is 48.9 Å². The molecular weight excluding hydrogens is 424 g/mol. The number of halogens is 2. The van der Waals surface area contributed by atoms with Gasteiger partial charge in [-0.15, -0.1) is 6.58 Å². The monoisotopic (exact) mass is 461 g/mol. The molecule has 1 amide bonds. The lowest BCUT2D eigenvalue weighted by molar-refractivity contribution is -0.123. The lowest BCUT2D eigenvalue weighted by Gasteiger charge is -2.41. The Balaban J connectivity index is 0. The predicted molar refractivity (Wildman–Crippen MR) is 133 cm³/mol. The zero-order valence-corrected chi connectivity index (χ0v) is 20.7. The molecule has 3 rings (SSSR count). The maximum absolute atomic E-state index is 12.8. The van der Waals surface area contributed by atoms with Crippen molar-refractivity contribution in [3.05, 3.63) is 90.0 Å². The molecule has 0 aromatic heterocycles. The number of hydrogen-bond donors (Lipinski definition) is 1.